The third-order valence-corrected chi connectivity index (χ3v) is 5.62. The predicted molar refractivity (Wildman–Crippen MR) is 103 cm³/mol. The Bertz CT molecular complexity index is 708. The molecule has 0 radical (unpaired) electrons. The van der Waals surface area contributed by atoms with Gasteiger partial charge in [0.1, 0.15) is 11.4 Å². The molecule has 8 heteroatoms. The number of rotatable bonds is 4. The summed E-state index contributed by atoms with van der Waals surface area (Å²) in [5.41, 5.74) is -0.458. The number of amides is 1. The number of likely N-dealkylation sites (tertiary alicyclic amines) is 1. The maximum atomic E-state index is 12.2. The summed E-state index contributed by atoms with van der Waals surface area (Å²) >= 11 is 5.55. The molecule has 0 unspecified atom stereocenters. The molecule has 2 heterocycles. The predicted octanol–water partition coefficient (Wildman–Crippen LogP) is 3.12. The van der Waals surface area contributed by atoms with Crippen molar-refractivity contribution in [3.05, 3.63) is 10.6 Å². The monoisotopic (exact) mass is 381 g/mol. The SMILES string of the molecule is CN(C(=O)OC(C)(C)C)C1CCN(Cn2nc(C3CC3)n(C)c2=S)CC1. The Labute approximate surface area is 160 Å². The van der Waals surface area contributed by atoms with Gasteiger partial charge in [0.05, 0.1) is 6.67 Å². The zero-order valence-corrected chi connectivity index (χ0v) is 17.4. The minimum atomic E-state index is -0.458. The minimum absolute atomic E-state index is 0.222. The second kappa shape index (κ2) is 7.31. The van der Waals surface area contributed by atoms with Gasteiger partial charge in [-0.25, -0.2) is 9.48 Å². The van der Waals surface area contributed by atoms with E-state index in [9.17, 15) is 4.79 Å². The van der Waals surface area contributed by atoms with Crippen molar-refractivity contribution in [1.29, 1.82) is 0 Å². The van der Waals surface area contributed by atoms with E-state index in [1.54, 1.807) is 4.90 Å². The Hall–Kier alpha value is -1.41. The quantitative estimate of drug-likeness (QED) is 0.750. The van der Waals surface area contributed by atoms with E-state index in [1.165, 1.54) is 12.8 Å². The van der Waals surface area contributed by atoms with Crippen molar-refractivity contribution in [2.45, 2.75) is 70.7 Å². The Morgan fingerprint density at radius 1 is 1.27 bits per heavy atom. The van der Waals surface area contributed by atoms with Crippen LogP contribution in [-0.4, -0.2) is 62.0 Å². The van der Waals surface area contributed by atoms with Crippen molar-refractivity contribution in [1.82, 2.24) is 24.1 Å². The van der Waals surface area contributed by atoms with Gasteiger partial charge >= 0.3 is 6.09 Å². The lowest BCUT2D eigenvalue weighted by Crippen LogP contribution is -2.47. The molecule has 1 saturated carbocycles. The molecule has 0 aromatic carbocycles. The first-order valence-corrected chi connectivity index (χ1v) is 9.88. The van der Waals surface area contributed by atoms with Crippen LogP contribution in [0.4, 0.5) is 4.79 Å². The summed E-state index contributed by atoms with van der Waals surface area (Å²) in [4.78, 5) is 16.4. The first-order valence-electron chi connectivity index (χ1n) is 9.47. The number of nitrogens with zero attached hydrogens (tertiary/aromatic N) is 5. The summed E-state index contributed by atoms with van der Waals surface area (Å²) in [5.74, 6) is 1.71. The van der Waals surface area contributed by atoms with E-state index >= 15 is 0 Å². The highest BCUT2D eigenvalue weighted by atomic mass is 32.1. The molecule has 3 rings (SSSR count). The Balaban J connectivity index is 1.53. The number of hydrogen-bond acceptors (Lipinski definition) is 5. The summed E-state index contributed by atoms with van der Waals surface area (Å²) in [6, 6.07) is 0.222. The van der Waals surface area contributed by atoms with Crippen LogP contribution in [0.1, 0.15) is 58.2 Å². The molecule has 1 aliphatic heterocycles. The topological polar surface area (TPSA) is 55.5 Å². The lowest BCUT2D eigenvalue weighted by Gasteiger charge is -2.37. The molecule has 0 spiro atoms. The van der Waals surface area contributed by atoms with Gasteiger partial charge in [-0.05, 0) is 58.7 Å². The lowest BCUT2D eigenvalue weighted by molar-refractivity contribution is 0.0134. The molecule has 7 nitrogen and oxygen atoms in total. The summed E-state index contributed by atoms with van der Waals surface area (Å²) in [5, 5.41) is 4.74. The molecule has 26 heavy (non-hydrogen) atoms. The average Bonchev–Trinajstić information content (AvgIpc) is 3.36. The van der Waals surface area contributed by atoms with Crippen LogP contribution in [0.5, 0.6) is 0 Å². The highest BCUT2D eigenvalue weighted by Gasteiger charge is 2.31. The maximum Gasteiger partial charge on any atom is 0.410 e. The molecule has 1 aromatic rings. The van der Waals surface area contributed by atoms with E-state index < -0.39 is 5.60 Å². The standard InChI is InChI=1S/C18H31N5O2S/c1-18(2,3)25-17(24)20(4)14-8-10-22(11-9-14)12-23-16(26)21(5)15(19-23)13-6-7-13/h13-14H,6-12H2,1-5H3. The van der Waals surface area contributed by atoms with Gasteiger partial charge in [-0.2, -0.15) is 5.10 Å². The first-order chi connectivity index (χ1) is 12.2. The van der Waals surface area contributed by atoms with E-state index in [0.717, 1.165) is 43.2 Å². The van der Waals surface area contributed by atoms with Crippen LogP contribution < -0.4 is 0 Å². The van der Waals surface area contributed by atoms with Gasteiger partial charge in [-0.1, -0.05) is 0 Å². The largest absolute Gasteiger partial charge is 0.444 e. The number of carbonyl (C=O) groups is 1. The molecular weight excluding hydrogens is 350 g/mol. The second-order valence-electron chi connectivity index (χ2n) is 8.56. The molecule has 2 aliphatic rings. The van der Waals surface area contributed by atoms with E-state index in [0.29, 0.717) is 5.92 Å². The van der Waals surface area contributed by atoms with Gasteiger partial charge in [0, 0.05) is 39.1 Å². The number of ether oxygens (including phenoxy) is 1. The number of aromatic nitrogens is 3. The van der Waals surface area contributed by atoms with Crippen LogP contribution in [0.25, 0.3) is 0 Å². The number of carbonyl (C=O) groups excluding carboxylic acids is 1. The first kappa shape index (κ1) is 19.4. The van der Waals surface area contributed by atoms with Gasteiger partial charge < -0.3 is 14.2 Å². The summed E-state index contributed by atoms with van der Waals surface area (Å²) in [6.07, 6.45) is 4.08. The Morgan fingerprint density at radius 2 is 1.88 bits per heavy atom. The fourth-order valence-electron chi connectivity index (χ4n) is 3.41. The summed E-state index contributed by atoms with van der Waals surface area (Å²) < 4.78 is 10.3. The van der Waals surface area contributed by atoms with E-state index in [4.69, 9.17) is 22.1 Å². The Morgan fingerprint density at radius 3 is 2.42 bits per heavy atom. The molecular formula is C18H31N5O2S. The molecule has 1 saturated heterocycles. The Kier molecular flexibility index (Phi) is 5.44. The van der Waals surface area contributed by atoms with Crippen LogP contribution in [0.15, 0.2) is 0 Å². The minimum Gasteiger partial charge on any atom is -0.444 e. The third-order valence-electron chi connectivity index (χ3n) is 5.14. The van der Waals surface area contributed by atoms with Crippen molar-refractivity contribution < 1.29 is 9.53 Å². The van der Waals surface area contributed by atoms with Crippen molar-refractivity contribution in [2.24, 2.45) is 7.05 Å². The average molecular weight is 382 g/mol. The lowest BCUT2D eigenvalue weighted by atomic mass is 10.0. The highest BCUT2D eigenvalue weighted by molar-refractivity contribution is 7.71. The zero-order valence-electron chi connectivity index (χ0n) is 16.6. The molecule has 0 bridgehead atoms. The molecule has 0 N–H and O–H groups in total. The molecule has 1 aromatic heterocycles. The van der Waals surface area contributed by atoms with Crippen LogP contribution in [0.3, 0.4) is 0 Å². The highest BCUT2D eigenvalue weighted by Crippen LogP contribution is 2.38. The van der Waals surface area contributed by atoms with Gasteiger partial charge in [0.2, 0.25) is 0 Å². The molecule has 2 fully saturated rings. The fourth-order valence-corrected chi connectivity index (χ4v) is 3.61. The molecule has 146 valence electrons. The summed E-state index contributed by atoms with van der Waals surface area (Å²) in [6.45, 7) is 8.27. The van der Waals surface area contributed by atoms with Crippen LogP contribution >= 0.6 is 12.2 Å². The van der Waals surface area contributed by atoms with Crippen LogP contribution in [-0.2, 0) is 18.5 Å². The van der Waals surface area contributed by atoms with Gasteiger partial charge in [0.15, 0.2) is 4.77 Å². The zero-order chi connectivity index (χ0) is 19.1. The van der Waals surface area contributed by atoms with E-state index in [-0.39, 0.29) is 12.1 Å². The normalized spacial score (nSPS) is 19.6. The van der Waals surface area contributed by atoms with E-state index in [2.05, 4.69) is 9.47 Å². The fraction of sp³-hybridized carbons (Fsp3) is 0.833. The second-order valence-corrected chi connectivity index (χ2v) is 8.92. The van der Waals surface area contributed by atoms with Crippen molar-refractivity contribution in [3.63, 3.8) is 0 Å². The molecule has 1 amide bonds. The third kappa shape index (κ3) is 4.46. The van der Waals surface area contributed by atoms with E-state index in [1.807, 2.05) is 39.5 Å². The molecule has 0 atom stereocenters. The van der Waals surface area contributed by atoms with Gasteiger partial charge in [-0.3, -0.25) is 4.90 Å². The van der Waals surface area contributed by atoms with Crippen LogP contribution in [0, 0.1) is 4.77 Å². The van der Waals surface area contributed by atoms with Gasteiger partial charge in [0.25, 0.3) is 0 Å². The van der Waals surface area contributed by atoms with Crippen LogP contribution in [0.2, 0.25) is 0 Å². The summed E-state index contributed by atoms with van der Waals surface area (Å²) in [7, 11) is 3.85. The van der Waals surface area contributed by atoms with Crippen molar-refractivity contribution >= 4 is 18.3 Å². The van der Waals surface area contributed by atoms with Gasteiger partial charge in [-0.15, -0.1) is 0 Å². The molecule has 1 aliphatic carbocycles. The number of hydrogen-bond donors (Lipinski definition) is 0. The maximum absolute atomic E-state index is 12.2. The van der Waals surface area contributed by atoms with Crippen molar-refractivity contribution in [3.8, 4) is 0 Å². The van der Waals surface area contributed by atoms with Crippen molar-refractivity contribution in [2.75, 3.05) is 20.1 Å². The smallest absolute Gasteiger partial charge is 0.410 e. The number of piperidine rings is 1.